The van der Waals surface area contributed by atoms with Crippen molar-refractivity contribution in [3.05, 3.63) is 29.8 Å². The summed E-state index contributed by atoms with van der Waals surface area (Å²) in [4.78, 5) is 11.2. The van der Waals surface area contributed by atoms with Crippen molar-refractivity contribution < 1.29 is 27.8 Å². The quantitative estimate of drug-likeness (QED) is 0.840. The van der Waals surface area contributed by atoms with Crippen molar-refractivity contribution in [2.24, 2.45) is 0 Å². The molecule has 1 atom stereocenters. The van der Waals surface area contributed by atoms with Crippen molar-refractivity contribution in [3.63, 3.8) is 0 Å². The van der Waals surface area contributed by atoms with Crippen molar-refractivity contribution in [2.75, 3.05) is 13.2 Å². The molecule has 1 aromatic rings. The van der Waals surface area contributed by atoms with E-state index in [-0.39, 0.29) is 13.0 Å². The van der Waals surface area contributed by atoms with E-state index < -0.39 is 24.7 Å². The van der Waals surface area contributed by atoms with Crippen LogP contribution < -0.4 is 10.1 Å². The van der Waals surface area contributed by atoms with Crippen LogP contribution in [0.4, 0.5) is 13.2 Å². The SMILES string of the molecule is Cc1ccc(OCCC(=O)NCC(O)C(F)(F)F)cc1. The van der Waals surface area contributed by atoms with Crippen LogP contribution in [0, 0.1) is 6.92 Å². The molecule has 7 heteroatoms. The fourth-order valence-corrected chi connectivity index (χ4v) is 1.31. The number of aliphatic hydroxyl groups excluding tert-OH is 1. The molecule has 112 valence electrons. The molecule has 1 aromatic carbocycles. The smallest absolute Gasteiger partial charge is 0.416 e. The van der Waals surface area contributed by atoms with Crippen LogP contribution in [-0.2, 0) is 4.79 Å². The first-order chi connectivity index (χ1) is 9.29. The number of aryl methyl sites for hydroxylation is 1. The standard InChI is InChI=1S/C13H16F3NO3/c1-9-2-4-10(5-3-9)20-7-6-12(19)17-8-11(18)13(14,15)16/h2-5,11,18H,6-8H2,1H3,(H,17,19). The Morgan fingerprint density at radius 2 is 1.95 bits per heavy atom. The predicted octanol–water partition coefficient (Wildman–Crippen LogP) is 1.80. The van der Waals surface area contributed by atoms with Crippen LogP contribution in [0.3, 0.4) is 0 Å². The number of hydrogen-bond donors (Lipinski definition) is 2. The van der Waals surface area contributed by atoms with Crippen molar-refractivity contribution in [1.29, 1.82) is 0 Å². The summed E-state index contributed by atoms with van der Waals surface area (Å²) < 4.78 is 41.2. The molecule has 0 spiro atoms. The molecular formula is C13H16F3NO3. The summed E-state index contributed by atoms with van der Waals surface area (Å²) in [6.07, 6.45) is -7.37. The normalized spacial score (nSPS) is 12.8. The average Bonchev–Trinajstić information content (AvgIpc) is 2.37. The van der Waals surface area contributed by atoms with Crippen molar-refractivity contribution >= 4 is 5.91 Å². The Hall–Kier alpha value is -1.76. The maximum atomic E-state index is 12.0. The summed E-state index contributed by atoms with van der Waals surface area (Å²) in [6, 6.07) is 7.16. The number of carbonyl (C=O) groups is 1. The van der Waals surface area contributed by atoms with Crippen LogP contribution in [0.1, 0.15) is 12.0 Å². The van der Waals surface area contributed by atoms with Gasteiger partial charge >= 0.3 is 6.18 Å². The lowest BCUT2D eigenvalue weighted by Crippen LogP contribution is -2.40. The Morgan fingerprint density at radius 3 is 2.50 bits per heavy atom. The van der Waals surface area contributed by atoms with Crippen LogP contribution in [-0.4, -0.2) is 36.4 Å². The second-order valence-electron chi connectivity index (χ2n) is 4.27. The van der Waals surface area contributed by atoms with Gasteiger partial charge in [0.1, 0.15) is 5.75 Å². The van der Waals surface area contributed by atoms with E-state index in [1.165, 1.54) is 0 Å². The molecule has 0 aliphatic carbocycles. The van der Waals surface area contributed by atoms with E-state index in [1.54, 1.807) is 12.1 Å². The van der Waals surface area contributed by atoms with Crippen LogP contribution in [0.5, 0.6) is 5.75 Å². The third-order valence-electron chi connectivity index (χ3n) is 2.49. The molecule has 0 aliphatic heterocycles. The predicted molar refractivity (Wildman–Crippen MR) is 66.4 cm³/mol. The van der Waals surface area contributed by atoms with Gasteiger partial charge in [-0.3, -0.25) is 4.79 Å². The molecule has 0 fully saturated rings. The highest BCUT2D eigenvalue weighted by Gasteiger charge is 2.38. The summed E-state index contributed by atoms with van der Waals surface area (Å²) in [5, 5.41) is 10.7. The van der Waals surface area contributed by atoms with Crippen molar-refractivity contribution in [2.45, 2.75) is 25.6 Å². The minimum Gasteiger partial charge on any atom is -0.493 e. The fraction of sp³-hybridized carbons (Fsp3) is 0.462. The molecule has 0 saturated heterocycles. The first kappa shape index (κ1) is 16.3. The highest BCUT2D eigenvalue weighted by molar-refractivity contribution is 5.76. The third-order valence-corrected chi connectivity index (χ3v) is 2.49. The number of alkyl halides is 3. The van der Waals surface area contributed by atoms with Gasteiger partial charge in [0.15, 0.2) is 6.10 Å². The number of carbonyl (C=O) groups excluding carboxylic acids is 1. The summed E-state index contributed by atoms with van der Waals surface area (Å²) in [5.74, 6) is -0.0286. The lowest BCUT2D eigenvalue weighted by atomic mass is 10.2. The minimum atomic E-state index is -4.73. The van der Waals surface area contributed by atoms with E-state index >= 15 is 0 Å². The van der Waals surface area contributed by atoms with Gasteiger partial charge in [-0.1, -0.05) is 17.7 Å². The van der Waals surface area contributed by atoms with E-state index in [1.807, 2.05) is 24.4 Å². The molecule has 1 amide bonds. The Morgan fingerprint density at radius 1 is 1.35 bits per heavy atom. The summed E-state index contributed by atoms with van der Waals surface area (Å²) in [5.41, 5.74) is 1.07. The van der Waals surface area contributed by atoms with Gasteiger partial charge in [-0.15, -0.1) is 0 Å². The number of benzene rings is 1. The van der Waals surface area contributed by atoms with Crippen molar-refractivity contribution in [1.82, 2.24) is 5.32 Å². The zero-order valence-corrected chi connectivity index (χ0v) is 10.9. The number of rotatable bonds is 6. The number of hydrogen-bond acceptors (Lipinski definition) is 3. The molecular weight excluding hydrogens is 275 g/mol. The van der Waals surface area contributed by atoms with E-state index in [9.17, 15) is 18.0 Å². The van der Waals surface area contributed by atoms with E-state index in [0.717, 1.165) is 5.56 Å². The van der Waals surface area contributed by atoms with Gasteiger partial charge in [-0.25, -0.2) is 0 Å². The second-order valence-corrected chi connectivity index (χ2v) is 4.27. The van der Waals surface area contributed by atoms with Crippen LogP contribution in [0.15, 0.2) is 24.3 Å². The Labute approximate surface area is 114 Å². The van der Waals surface area contributed by atoms with Gasteiger partial charge in [0.05, 0.1) is 19.6 Å². The zero-order chi connectivity index (χ0) is 15.2. The van der Waals surface area contributed by atoms with E-state index in [2.05, 4.69) is 0 Å². The van der Waals surface area contributed by atoms with Gasteiger partial charge in [-0.05, 0) is 19.1 Å². The van der Waals surface area contributed by atoms with Gasteiger partial charge in [0, 0.05) is 0 Å². The lowest BCUT2D eigenvalue weighted by Gasteiger charge is -2.15. The summed E-state index contributed by atoms with van der Waals surface area (Å²) in [7, 11) is 0. The monoisotopic (exact) mass is 291 g/mol. The second kappa shape index (κ2) is 7.14. The van der Waals surface area contributed by atoms with Crippen LogP contribution in [0.25, 0.3) is 0 Å². The van der Waals surface area contributed by atoms with E-state index in [0.29, 0.717) is 5.75 Å². The maximum Gasteiger partial charge on any atom is 0.416 e. The molecule has 0 heterocycles. The molecule has 20 heavy (non-hydrogen) atoms. The largest absolute Gasteiger partial charge is 0.493 e. The van der Waals surface area contributed by atoms with Gasteiger partial charge in [0.2, 0.25) is 5.91 Å². The number of halogens is 3. The maximum absolute atomic E-state index is 12.0. The zero-order valence-electron chi connectivity index (χ0n) is 10.9. The molecule has 0 aliphatic rings. The third kappa shape index (κ3) is 5.92. The molecule has 4 nitrogen and oxygen atoms in total. The first-order valence-corrected chi connectivity index (χ1v) is 6.00. The average molecular weight is 291 g/mol. The number of aliphatic hydroxyl groups is 1. The number of nitrogens with one attached hydrogen (secondary N) is 1. The summed E-state index contributed by atoms with van der Waals surface area (Å²) >= 11 is 0. The summed E-state index contributed by atoms with van der Waals surface area (Å²) in [6.45, 7) is 1.12. The topological polar surface area (TPSA) is 58.6 Å². The first-order valence-electron chi connectivity index (χ1n) is 6.00. The molecule has 0 radical (unpaired) electrons. The number of amides is 1. The Kier molecular flexibility index (Phi) is 5.82. The van der Waals surface area contributed by atoms with Crippen LogP contribution >= 0.6 is 0 Å². The van der Waals surface area contributed by atoms with E-state index in [4.69, 9.17) is 9.84 Å². The van der Waals surface area contributed by atoms with Gasteiger partial charge in [-0.2, -0.15) is 13.2 Å². The highest BCUT2D eigenvalue weighted by atomic mass is 19.4. The van der Waals surface area contributed by atoms with Crippen molar-refractivity contribution in [3.8, 4) is 5.75 Å². The Bertz CT molecular complexity index is 431. The molecule has 0 saturated carbocycles. The van der Waals surface area contributed by atoms with Gasteiger partial charge in [0.25, 0.3) is 0 Å². The molecule has 0 aromatic heterocycles. The minimum absolute atomic E-state index is 0.0526. The molecule has 1 unspecified atom stereocenters. The Balaban J connectivity index is 2.22. The fourth-order valence-electron chi connectivity index (χ4n) is 1.31. The van der Waals surface area contributed by atoms with Crippen LogP contribution in [0.2, 0.25) is 0 Å². The number of ether oxygens (including phenoxy) is 1. The lowest BCUT2D eigenvalue weighted by molar-refractivity contribution is -0.201. The van der Waals surface area contributed by atoms with Gasteiger partial charge < -0.3 is 15.2 Å². The molecule has 0 bridgehead atoms. The molecule has 2 N–H and O–H groups in total. The molecule has 1 rings (SSSR count). The highest BCUT2D eigenvalue weighted by Crippen LogP contribution is 2.19.